The number of carbonyl (C=O) groups excluding carboxylic acids is 1. The largest absolute Gasteiger partial charge is 0.465 e. The number of halogens is 1. The van der Waals surface area contributed by atoms with E-state index >= 15 is 0 Å². The van der Waals surface area contributed by atoms with Crippen LogP contribution in [0.25, 0.3) is 0 Å². The van der Waals surface area contributed by atoms with Crippen molar-refractivity contribution >= 4 is 16.8 Å². The molecule has 0 saturated carbocycles. The van der Waals surface area contributed by atoms with Gasteiger partial charge < -0.3 is 4.74 Å². The van der Waals surface area contributed by atoms with Gasteiger partial charge in [-0.25, -0.2) is 9.18 Å². The molecule has 20 heavy (non-hydrogen) atoms. The van der Waals surface area contributed by atoms with Gasteiger partial charge in [-0.1, -0.05) is 12.1 Å². The van der Waals surface area contributed by atoms with Gasteiger partial charge in [0, 0.05) is 4.90 Å². The lowest BCUT2D eigenvalue weighted by molar-refractivity contribution is 0.0600. The molecular formula is C15H13FO3S. The highest BCUT2D eigenvalue weighted by molar-refractivity contribution is 7.84. The molecule has 0 aliphatic rings. The maximum atomic E-state index is 12.8. The van der Waals surface area contributed by atoms with Crippen LogP contribution >= 0.6 is 0 Å². The third-order valence-electron chi connectivity index (χ3n) is 2.75. The molecule has 1 atom stereocenters. The van der Waals surface area contributed by atoms with Gasteiger partial charge in [0.25, 0.3) is 0 Å². The second-order valence-corrected chi connectivity index (χ2v) is 5.58. The first-order valence-corrected chi connectivity index (χ1v) is 7.23. The Morgan fingerprint density at radius 1 is 1.10 bits per heavy atom. The summed E-state index contributed by atoms with van der Waals surface area (Å²) in [6, 6.07) is 12.3. The molecule has 0 aliphatic carbocycles. The molecule has 0 saturated heterocycles. The van der Waals surface area contributed by atoms with Gasteiger partial charge in [-0.2, -0.15) is 0 Å². The van der Waals surface area contributed by atoms with Gasteiger partial charge >= 0.3 is 5.97 Å². The Balaban J connectivity index is 2.08. The summed E-state index contributed by atoms with van der Waals surface area (Å²) in [5.74, 6) is -0.447. The van der Waals surface area contributed by atoms with Gasteiger partial charge in [0.2, 0.25) is 0 Å². The van der Waals surface area contributed by atoms with Crippen LogP contribution in [0.15, 0.2) is 53.4 Å². The van der Waals surface area contributed by atoms with E-state index in [2.05, 4.69) is 4.74 Å². The molecule has 0 aliphatic heterocycles. The van der Waals surface area contributed by atoms with Crippen LogP contribution in [-0.4, -0.2) is 17.3 Å². The predicted molar refractivity (Wildman–Crippen MR) is 74.3 cm³/mol. The number of hydrogen-bond donors (Lipinski definition) is 0. The number of ether oxygens (including phenoxy) is 1. The number of methoxy groups -OCH3 is 1. The van der Waals surface area contributed by atoms with Gasteiger partial charge in [0.1, 0.15) is 5.82 Å². The molecule has 0 spiro atoms. The number of esters is 1. The van der Waals surface area contributed by atoms with E-state index in [4.69, 9.17) is 0 Å². The van der Waals surface area contributed by atoms with Gasteiger partial charge in [0.05, 0.1) is 29.2 Å². The number of rotatable bonds is 4. The molecule has 2 aromatic carbocycles. The van der Waals surface area contributed by atoms with E-state index in [0.717, 1.165) is 5.56 Å². The zero-order chi connectivity index (χ0) is 14.5. The molecule has 0 N–H and O–H groups in total. The van der Waals surface area contributed by atoms with E-state index in [9.17, 15) is 13.4 Å². The topological polar surface area (TPSA) is 43.4 Å². The number of carbonyl (C=O) groups is 1. The zero-order valence-electron chi connectivity index (χ0n) is 10.8. The monoisotopic (exact) mass is 292 g/mol. The van der Waals surface area contributed by atoms with Crippen molar-refractivity contribution in [2.75, 3.05) is 7.11 Å². The first-order valence-electron chi connectivity index (χ1n) is 5.91. The fraction of sp³-hybridized carbons (Fsp3) is 0.133. The Hall–Kier alpha value is -2.01. The molecule has 0 aromatic heterocycles. The van der Waals surface area contributed by atoms with E-state index in [-0.39, 0.29) is 5.82 Å². The van der Waals surface area contributed by atoms with Crippen LogP contribution in [0.4, 0.5) is 4.39 Å². The molecule has 5 heteroatoms. The van der Waals surface area contributed by atoms with E-state index in [1.54, 1.807) is 24.3 Å². The lowest BCUT2D eigenvalue weighted by Gasteiger charge is -2.04. The van der Waals surface area contributed by atoms with Crippen molar-refractivity contribution in [3.05, 3.63) is 65.5 Å². The van der Waals surface area contributed by atoms with E-state index < -0.39 is 16.8 Å². The molecule has 0 radical (unpaired) electrons. The summed E-state index contributed by atoms with van der Waals surface area (Å²) >= 11 is 0. The summed E-state index contributed by atoms with van der Waals surface area (Å²) in [5.41, 5.74) is 1.28. The van der Waals surface area contributed by atoms with E-state index in [1.165, 1.54) is 31.4 Å². The molecule has 0 bridgehead atoms. The predicted octanol–water partition coefficient (Wildman–Crippen LogP) is 2.92. The summed E-state index contributed by atoms with van der Waals surface area (Å²) in [4.78, 5) is 11.9. The Labute approximate surface area is 118 Å². The van der Waals surface area contributed by atoms with Crippen molar-refractivity contribution in [2.24, 2.45) is 0 Å². The second-order valence-electron chi connectivity index (χ2n) is 4.13. The van der Waals surface area contributed by atoms with Gasteiger partial charge in [-0.3, -0.25) is 4.21 Å². The summed E-state index contributed by atoms with van der Waals surface area (Å²) in [5, 5.41) is 0. The maximum Gasteiger partial charge on any atom is 0.337 e. The lowest BCUT2D eigenvalue weighted by atomic mass is 10.1. The SMILES string of the molecule is COC(=O)c1ccc(CS(=O)c2ccc(F)cc2)cc1. The molecule has 3 nitrogen and oxygen atoms in total. The first-order chi connectivity index (χ1) is 9.60. The van der Waals surface area contributed by atoms with Crippen molar-refractivity contribution in [2.45, 2.75) is 10.6 Å². The van der Waals surface area contributed by atoms with Crippen LogP contribution in [0.2, 0.25) is 0 Å². The lowest BCUT2D eigenvalue weighted by Crippen LogP contribution is -2.02. The van der Waals surface area contributed by atoms with Crippen LogP contribution in [0.5, 0.6) is 0 Å². The van der Waals surface area contributed by atoms with Crippen LogP contribution in [-0.2, 0) is 21.3 Å². The van der Waals surface area contributed by atoms with Crippen molar-refractivity contribution in [3.63, 3.8) is 0 Å². The molecule has 0 amide bonds. The van der Waals surface area contributed by atoms with Crippen LogP contribution in [0.1, 0.15) is 15.9 Å². The summed E-state index contributed by atoms with van der Waals surface area (Å²) in [7, 11) is 0.0747. The van der Waals surface area contributed by atoms with Crippen molar-refractivity contribution in [1.29, 1.82) is 0 Å². The minimum Gasteiger partial charge on any atom is -0.465 e. The summed E-state index contributed by atoms with van der Waals surface area (Å²) in [6.07, 6.45) is 0. The average Bonchev–Trinajstić information content (AvgIpc) is 2.48. The molecule has 0 heterocycles. The Kier molecular flexibility index (Phi) is 4.63. The van der Waals surface area contributed by atoms with Gasteiger partial charge in [-0.05, 0) is 42.0 Å². The standard InChI is InChI=1S/C15H13FO3S/c1-19-15(17)12-4-2-11(3-5-12)10-20(18)14-8-6-13(16)7-9-14/h2-9H,10H2,1H3. The molecule has 104 valence electrons. The van der Waals surface area contributed by atoms with Crippen molar-refractivity contribution in [1.82, 2.24) is 0 Å². The molecule has 1 unspecified atom stereocenters. The fourth-order valence-corrected chi connectivity index (χ4v) is 2.78. The third-order valence-corrected chi connectivity index (χ3v) is 4.14. The summed E-state index contributed by atoms with van der Waals surface area (Å²) < 4.78 is 29.5. The molecular weight excluding hydrogens is 279 g/mol. The fourth-order valence-electron chi connectivity index (χ4n) is 1.68. The number of benzene rings is 2. The normalized spacial score (nSPS) is 11.9. The highest BCUT2D eigenvalue weighted by Crippen LogP contribution is 2.14. The van der Waals surface area contributed by atoms with Crippen molar-refractivity contribution in [3.8, 4) is 0 Å². The smallest absolute Gasteiger partial charge is 0.337 e. The molecule has 2 rings (SSSR count). The van der Waals surface area contributed by atoms with E-state index in [0.29, 0.717) is 16.2 Å². The molecule has 2 aromatic rings. The van der Waals surface area contributed by atoms with Gasteiger partial charge in [0.15, 0.2) is 0 Å². The first kappa shape index (κ1) is 14.4. The Morgan fingerprint density at radius 3 is 2.25 bits per heavy atom. The average molecular weight is 292 g/mol. The van der Waals surface area contributed by atoms with Crippen molar-refractivity contribution < 1.29 is 18.1 Å². The minimum absolute atomic E-state index is 0.313. The van der Waals surface area contributed by atoms with E-state index in [1.807, 2.05) is 0 Å². The van der Waals surface area contributed by atoms with Crippen LogP contribution in [0.3, 0.4) is 0 Å². The highest BCUT2D eigenvalue weighted by Gasteiger charge is 2.08. The third kappa shape index (κ3) is 3.51. The van der Waals surface area contributed by atoms with Gasteiger partial charge in [-0.15, -0.1) is 0 Å². The Bertz CT molecular complexity index is 621. The highest BCUT2D eigenvalue weighted by atomic mass is 32.2. The minimum atomic E-state index is -1.24. The second kappa shape index (κ2) is 6.43. The quantitative estimate of drug-likeness (QED) is 0.814. The molecule has 0 fully saturated rings. The summed E-state index contributed by atoms with van der Waals surface area (Å²) in [6.45, 7) is 0. The number of hydrogen-bond acceptors (Lipinski definition) is 3. The van der Waals surface area contributed by atoms with Crippen LogP contribution < -0.4 is 0 Å². The Morgan fingerprint density at radius 2 is 1.70 bits per heavy atom. The zero-order valence-corrected chi connectivity index (χ0v) is 11.7. The maximum absolute atomic E-state index is 12.8. The van der Waals surface area contributed by atoms with Crippen LogP contribution in [0, 0.1) is 5.82 Å².